The van der Waals surface area contributed by atoms with E-state index in [1.807, 2.05) is 12.1 Å². The van der Waals surface area contributed by atoms with E-state index in [4.69, 9.17) is 16.3 Å². The molecule has 1 aromatic carbocycles. The lowest BCUT2D eigenvalue weighted by Gasteiger charge is -2.34. The van der Waals surface area contributed by atoms with Crippen LogP contribution in [0, 0.1) is 0 Å². The minimum atomic E-state index is 0.429. The summed E-state index contributed by atoms with van der Waals surface area (Å²) in [6.07, 6.45) is 2.63. The largest absolute Gasteiger partial charge is 0.378 e. The van der Waals surface area contributed by atoms with Gasteiger partial charge in [0, 0.05) is 41.3 Å². The van der Waals surface area contributed by atoms with Crippen molar-refractivity contribution in [1.29, 1.82) is 0 Å². The molecule has 2 rings (SSSR count). The van der Waals surface area contributed by atoms with Crippen LogP contribution in [0.2, 0.25) is 5.02 Å². The van der Waals surface area contributed by atoms with Gasteiger partial charge < -0.3 is 9.64 Å². The lowest BCUT2D eigenvalue weighted by Crippen LogP contribution is -2.37. The number of nitrogens with zero attached hydrogens (tertiary/aromatic N) is 1. The van der Waals surface area contributed by atoms with Crippen LogP contribution >= 0.6 is 27.5 Å². The molecule has 0 aromatic heterocycles. The standard InChI is InChI=1S/C14H19BrClNO/c1-2-18-11-6-8-17(9-7-11)14-5-3-4-13(16)12(14)10-15/h3-5,11H,2,6-10H2,1H3. The highest BCUT2D eigenvalue weighted by Gasteiger charge is 2.21. The molecular weight excluding hydrogens is 314 g/mol. The van der Waals surface area contributed by atoms with Crippen molar-refractivity contribution in [1.82, 2.24) is 0 Å². The molecule has 0 amide bonds. The first-order valence-corrected chi connectivity index (χ1v) is 7.96. The van der Waals surface area contributed by atoms with Gasteiger partial charge in [0.15, 0.2) is 0 Å². The molecule has 0 spiro atoms. The van der Waals surface area contributed by atoms with E-state index >= 15 is 0 Å². The molecule has 100 valence electrons. The second kappa shape index (κ2) is 6.78. The van der Waals surface area contributed by atoms with Gasteiger partial charge >= 0.3 is 0 Å². The van der Waals surface area contributed by atoms with Gasteiger partial charge in [-0.15, -0.1) is 0 Å². The number of rotatable bonds is 4. The molecule has 0 radical (unpaired) electrons. The van der Waals surface area contributed by atoms with E-state index in [2.05, 4.69) is 33.8 Å². The van der Waals surface area contributed by atoms with Crippen molar-refractivity contribution in [3.05, 3.63) is 28.8 Å². The van der Waals surface area contributed by atoms with Gasteiger partial charge in [-0.2, -0.15) is 0 Å². The van der Waals surface area contributed by atoms with Gasteiger partial charge in [-0.1, -0.05) is 33.6 Å². The fourth-order valence-corrected chi connectivity index (χ4v) is 3.46. The molecule has 1 aromatic rings. The number of piperidine rings is 1. The molecule has 2 nitrogen and oxygen atoms in total. The monoisotopic (exact) mass is 331 g/mol. The maximum Gasteiger partial charge on any atom is 0.0608 e. The molecular formula is C14H19BrClNO. The van der Waals surface area contributed by atoms with E-state index < -0.39 is 0 Å². The van der Waals surface area contributed by atoms with Crippen LogP contribution in [0.15, 0.2) is 18.2 Å². The Bertz CT molecular complexity index is 391. The topological polar surface area (TPSA) is 12.5 Å². The Kier molecular flexibility index (Phi) is 5.34. The molecule has 0 bridgehead atoms. The summed E-state index contributed by atoms with van der Waals surface area (Å²) in [4.78, 5) is 2.41. The predicted octanol–water partition coefficient (Wildman–Crippen LogP) is 4.24. The fourth-order valence-electron chi connectivity index (χ4n) is 2.47. The van der Waals surface area contributed by atoms with Gasteiger partial charge in [-0.05, 0) is 31.9 Å². The van der Waals surface area contributed by atoms with Crippen molar-refractivity contribution >= 4 is 33.2 Å². The van der Waals surface area contributed by atoms with Gasteiger partial charge in [0.1, 0.15) is 0 Å². The van der Waals surface area contributed by atoms with Crippen molar-refractivity contribution < 1.29 is 4.74 Å². The van der Waals surface area contributed by atoms with Crippen LogP contribution in [-0.4, -0.2) is 25.8 Å². The third-order valence-corrected chi connectivity index (χ3v) is 4.33. The van der Waals surface area contributed by atoms with E-state index in [1.165, 1.54) is 11.3 Å². The summed E-state index contributed by atoms with van der Waals surface area (Å²) in [6, 6.07) is 6.14. The van der Waals surface area contributed by atoms with Crippen LogP contribution in [0.3, 0.4) is 0 Å². The first kappa shape index (κ1) is 14.2. The first-order valence-electron chi connectivity index (χ1n) is 6.46. The third kappa shape index (κ3) is 3.19. The Morgan fingerprint density at radius 2 is 2.11 bits per heavy atom. The molecule has 1 heterocycles. The number of benzene rings is 1. The van der Waals surface area contributed by atoms with Crippen LogP contribution < -0.4 is 4.90 Å². The number of ether oxygens (including phenoxy) is 1. The zero-order chi connectivity index (χ0) is 13.0. The summed E-state index contributed by atoms with van der Waals surface area (Å²) in [5.41, 5.74) is 2.45. The zero-order valence-corrected chi connectivity index (χ0v) is 13.0. The average Bonchev–Trinajstić information content (AvgIpc) is 2.40. The molecule has 0 saturated carbocycles. The summed E-state index contributed by atoms with van der Waals surface area (Å²) >= 11 is 9.77. The quantitative estimate of drug-likeness (QED) is 0.765. The van der Waals surface area contributed by atoms with E-state index in [0.29, 0.717) is 6.10 Å². The summed E-state index contributed by atoms with van der Waals surface area (Å²) in [7, 11) is 0. The van der Waals surface area contributed by atoms with E-state index in [1.54, 1.807) is 0 Å². The maximum atomic E-state index is 6.25. The number of hydrogen-bond acceptors (Lipinski definition) is 2. The second-order valence-corrected chi connectivity index (χ2v) is 5.48. The maximum absolute atomic E-state index is 6.25. The van der Waals surface area contributed by atoms with Crippen LogP contribution in [0.5, 0.6) is 0 Å². The lowest BCUT2D eigenvalue weighted by atomic mass is 10.1. The van der Waals surface area contributed by atoms with E-state index in [9.17, 15) is 0 Å². The molecule has 0 N–H and O–H groups in total. The molecule has 1 aliphatic heterocycles. The minimum Gasteiger partial charge on any atom is -0.378 e. The lowest BCUT2D eigenvalue weighted by molar-refractivity contribution is 0.0459. The molecule has 0 unspecified atom stereocenters. The highest BCUT2D eigenvalue weighted by atomic mass is 79.9. The fraction of sp³-hybridized carbons (Fsp3) is 0.571. The highest BCUT2D eigenvalue weighted by molar-refractivity contribution is 9.08. The number of halogens is 2. The summed E-state index contributed by atoms with van der Waals surface area (Å²) in [5.74, 6) is 0. The van der Waals surface area contributed by atoms with Gasteiger partial charge in [-0.25, -0.2) is 0 Å². The average molecular weight is 333 g/mol. The van der Waals surface area contributed by atoms with Gasteiger partial charge in [0.2, 0.25) is 0 Å². The molecule has 4 heteroatoms. The number of alkyl halides is 1. The van der Waals surface area contributed by atoms with Crippen molar-refractivity contribution in [3.8, 4) is 0 Å². The Labute approximate surface area is 122 Å². The number of anilines is 1. The number of hydrogen-bond donors (Lipinski definition) is 0. The molecule has 1 aliphatic rings. The van der Waals surface area contributed by atoms with Gasteiger partial charge in [0.05, 0.1) is 6.10 Å². The van der Waals surface area contributed by atoms with Crippen LogP contribution in [-0.2, 0) is 10.1 Å². The van der Waals surface area contributed by atoms with E-state index in [0.717, 1.165) is 42.9 Å². The Hall–Kier alpha value is -0.250. The van der Waals surface area contributed by atoms with Crippen molar-refractivity contribution in [2.45, 2.75) is 31.2 Å². The minimum absolute atomic E-state index is 0.429. The van der Waals surface area contributed by atoms with Crippen LogP contribution in [0.1, 0.15) is 25.3 Å². The Balaban J connectivity index is 2.07. The van der Waals surface area contributed by atoms with Gasteiger partial charge in [0.25, 0.3) is 0 Å². The molecule has 18 heavy (non-hydrogen) atoms. The van der Waals surface area contributed by atoms with Crippen molar-refractivity contribution in [2.24, 2.45) is 0 Å². The summed E-state index contributed by atoms with van der Waals surface area (Å²) in [6.45, 7) is 4.97. The highest BCUT2D eigenvalue weighted by Crippen LogP contribution is 2.31. The SMILES string of the molecule is CCOC1CCN(c2cccc(Cl)c2CBr)CC1. The second-order valence-electron chi connectivity index (χ2n) is 4.51. The van der Waals surface area contributed by atoms with Gasteiger partial charge in [-0.3, -0.25) is 0 Å². The smallest absolute Gasteiger partial charge is 0.0608 e. The summed E-state index contributed by atoms with van der Waals surface area (Å²) < 4.78 is 5.69. The Morgan fingerprint density at radius 1 is 1.39 bits per heavy atom. The van der Waals surface area contributed by atoms with Crippen molar-refractivity contribution in [3.63, 3.8) is 0 Å². The molecule has 0 aliphatic carbocycles. The normalized spacial score (nSPS) is 17.2. The third-order valence-electron chi connectivity index (χ3n) is 3.41. The zero-order valence-electron chi connectivity index (χ0n) is 10.7. The summed E-state index contributed by atoms with van der Waals surface area (Å²) in [5, 5.41) is 1.64. The Morgan fingerprint density at radius 3 is 2.72 bits per heavy atom. The van der Waals surface area contributed by atoms with Crippen molar-refractivity contribution in [2.75, 3.05) is 24.6 Å². The molecule has 1 fully saturated rings. The predicted molar refractivity (Wildman–Crippen MR) is 80.9 cm³/mol. The van der Waals surface area contributed by atoms with E-state index in [-0.39, 0.29) is 0 Å². The van der Waals surface area contributed by atoms with Crippen LogP contribution in [0.4, 0.5) is 5.69 Å². The molecule has 0 atom stereocenters. The molecule has 1 saturated heterocycles. The first-order chi connectivity index (χ1) is 8.76. The van der Waals surface area contributed by atoms with Crippen LogP contribution in [0.25, 0.3) is 0 Å².